The van der Waals surface area contributed by atoms with Crippen molar-refractivity contribution in [3.05, 3.63) is 0 Å². The van der Waals surface area contributed by atoms with Crippen LogP contribution in [0.2, 0.25) is 0 Å². The van der Waals surface area contributed by atoms with Crippen molar-refractivity contribution in [3.8, 4) is 0 Å². The molecule has 1 N–H and O–H groups in total. The number of carboxylic acid groups (broad SMARTS) is 1. The third kappa shape index (κ3) is 3.15. The van der Waals surface area contributed by atoms with Crippen LogP contribution in [0.5, 0.6) is 0 Å². The molecule has 5 nitrogen and oxygen atoms in total. The summed E-state index contributed by atoms with van der Waals surface area (Å²) in [6, 6.07) is -0.608. The first-order chi connectivity index (χ1) is 9.84. The van der Waals surface area contributed by atoms with Crippen molar-refractivity contribution >= 4 is 23.8 Å². The minimum absolute atomic E-state index is 0.0389. The Morgan fingerprint density at radius 3 is 2.52 bits per heavy atom. The van der Waals surface area contributed by atoms with Crippen molar-refractivity contribution in [3.63, 3.8) is 0 Å². The zero-order valence-electron chi connectivity index (χ0n) is 13.3. The zero-order chi connectivity index (χ0) is 15.7. The van der Waals surface area contributed by atoms with Gasteiger partial charge in [0.05, 0.1) is 5.37 Å². The summed E-state index contributed by atoms with van der Waals surface area (Å²) in [5.74, 6) is 0.318. The van der Waals surface area contributed by atoms with Crippen LogP contribution < -0.4 is 0 Å². The molecule has 0 aromatic heterocycles. The Morgan fingerprint density at radius 1 is 1.29 bits per heavy atom. The van der Waals surface area contributed by atoms with Gasteiger partial charge in [-0.15, -0.1) is 11.8 Å². The summed E-state index contributed by atoms with van der Waals surface area (Å²) in [5.41, 5.74) is 0. The number of aliphatic carboxylic acids is 1. The van der Waals surface area contributed by atoms with E-state index in [2.05, 4.69) is 13.8 Å². The molecule has 120 valence electrons. The molecule has 21 heavy (non-hydrogen) atoms. The SMILES string of the molecule is CC(C)C1SCC(C(=O)O)N1C(=O)N1CCCC(C)C1C. The summed E-state index contributed by atoms with van der Waals surface area (Å²) in [6.45, 7) is 9.07. The molecule has 2 fully saturated rings. The van der Waals surface area contributed by atoms with Gasteiger partial charge in [-0.2, -0.15) is 0 Å². The lowest BCUT2D eigenvalue weighted by atomic mass is 9.92. The van der Waals surface area contributed by atoms with Gasteiger partial charge < -0.3 is 10.0 Å². The lowest BCUT2D eigenvalue weighted by Crippen LogP contribution is -2.57. The number of likely N-dealkylation sites (tertiary alicyclic amines) is 1. The molecule has 0 aliphatic carbocycles. The molecule has 0 bridgehead atoms. The molecule has 2 aliphatic heterocycles. The van der Waals surface area contributed by atoms with Gasteiger partial charge in [0, 0.05) is 18.3 Å². The Kier molecular flexibility index (Phi) is 5.07. The monoisotopic (exact) mass is 314 g/mol. The fraction of sp³-hybridized carbons (Fsp3) is 0.867. The maximum absolute atomic E-state index is 13.0. The molecule has 2 amide bonds. The maximum Gasteiger partial charge on any atom is 0.327 e. The van der Waals surface area contributed by atoms with Gasteiger partial charge in [0.25, 0.3) is 0 Å². The van der Waals surface area contributed by atoms with E-state index in [1.54, 1.807) is 16.7 Å². The number of piperidine rings is 1. The maximum atomic E-state index is 13.0. The molecule has 6 heteroatoms. The highest BCUT2D eigenvalue weighted by Crippen LogP contribution is 2.36. The quantitative estimate of drug-likeness (QED) is 0.851. The van der Waals surface area contributed by atoms with E-state index < -0.39 is 12.0 Å². The van der Waals surface area contributed by atoms with Crippen molar-refractivity contribution in [1.29, 1.82) is 0 Å². The van der Waals surface area contributed by atoms with Crippen molar-refractivity contribution in [2.45, 2.75) is 58.0 Å². The van der Waals surface area contributed by atoms with E-state index in [-0.39, 0.29) is 23.4 Å². The second-order valence-corrected chi connectivity index (χ2v) is 7.71. The number of thioether (sulfide) groups is 1. The molecule has 2 heterocycles. The average molecular weight is 314 g/mol. The summed E-state index contributed by atoms with van der Waals surface area (Å²) in [4.78, 5) is 27.9. The van der Waals surface area contributed by atoms with Crippen LogP contribution in [0.25, 0.3) is 0 Å². The number of amides is 2. The second-order valence-electron chi connectivity index (χ2n) is 6.57. The summed E-state index contributed by atoms with van der Waals surface area (Å²) in [7, 11) is 0. The average Bonchev–Trinajstić information content (AvgIpc) is 2.86. The van der Waals surface area contributed by atoms with E-state index in [1.165, 1.54) is 0 Å². The number of carboxylic acids is 1. The Bertz CT molecular complexity index is 416. The van der Waals surface area contributed by atoms with Gasteiger partial charge in [-0.25, -0.2) is 9.59 Å². The summed E-state index contributed by atoms with van der Waals surface area (Å²) in [6.07, 6.45) is 2.14. The molecule has 4 unspecified atom stereocenters. The van der Waals surface area contributed by atoms with Gasteiger partial charge in [-0.3, -0.25) is 4.90 Å². The van der Waals surface area contributed by atoms with E-state index in [9.17, 15) is 14.7 Å². The van der Waals surface area contributed by atoms with E-state index in [4.69, 9.17) is 0 Å². The number of hydrogen-bond acceptors (Lipinski definition) is 3. The molecule has 2 saturated heterocycles. The van der Waals surface area contributed by atoms with E-state index >= 15 is 0 Å². The van der Waals surface area contributed by atoms with E-state index in [1.807, 2.05) is 18.7 Å². The van der Waals surface area contributed by atoms with Crippen LogP contribution >= 0.6 is 11.8 Å². The van der Waals surface area contributed by atoms with Crippen molar-refractivity contribution < 1.29 is 14.7 Å². The van der Waals surface area contributed by atoms with E-state index in [0.717, 1.165) is 19.4 Å². The van der Waals surface area contributed by atoms with Crippen LogP contribution in [0.1, 0.15) is 40.5 Å². The molecular weight excluding hydrogens is 288 g/mol. The lowest BCUT2D eigenvalue weighted by Gasteiger charge is -2.42. The zero-order valence-corrected chi connectivity index (χ0v) is 14.1. The topological polar surface area (TPSA) is 60.9 Å². The molecule has 0 radical (unpaired) electrons. The number of urea groups is 1. The largest absolute Gasteiger partial charge is 0.480 e. The first-order valence-electron chi connectivity index (χ1n) is 7.78. The van der Waals surface area contributed by atoms with Crippen molar-refractivity contribution in [2.24, 2.45) is 11.8 Å². The predicted octanol–water partition coefficient (Wildman–Crippen LogP) is 2.71. The van der Waals surface area contributed by atoms with Gasteiger partial charge in [0.15, 0.2) is 0 Å². The number of carbonyl (C=O) groups excluding carboxylic acids is 1. The number of carbonyl (C=O) groups is 2. The molecular formula is C15H26N2O3S. The first kappa shape index (κ1) is 16.5. The number of nitrogens with zero attached hydrogens (tertiary/aromatic N) is 2. The molecule has 0 aromatic carbocycles. The Labute approximate surface area is 131 Å². The number of rotatable bonds is 2. The highest BCUT2D eigenvalue weighted by molar-refractivity contribution is 8.00. The van der Waals surface area contributed by atoms with Crippen molar-refractivity contribution in [1.82, 2.24) is 9.80 Å². The molecule has 0 spiro atoms. The van der Waals surface area contributed by atoms with Crippen LogP contribution in [0.15, 0.2) is 0 Å². The predicted molar refractivity (Wildman–Crippen MR) is 84.3 cm³/mol. The molecule has 0 saturated carbocycles. The van der Waals surface area contributed by atoms with Crippen LogP contribution in [-0.2, 0) is 4.79 Å². The van der Waals surface area contributed by atoms with Crippen molar-refractivity contribution in [2.75, 3.05) is 12.3 Å². The van der Waals surface area contributed by atoms with Crippen LogP contribution in [0.4, 0.5) is 4.79 Å². The third-order valence-corrected chi connectivity index (χ3v) is 6.35. The van der Waals surface area contributed by atoms with Gasteiger partial charge in [-0.05, 0) is 31.6 Å². The Balaban J connectivity index is 2.22. The van der Waals surface area contributed by atoms with Gasteiger partial charge in [0.2, 0.25) is 0 Å². The second kappa shape index (κ2) is 6.46. The molecule has 0 aromatic rings. The molecule has 2 aliphatic rings. The minimum atomic E-state index is -0.892. The first-order valence-corrected chi connectivity index (χ1v) is 8.82. The lowest BCUT2D eigenvalue weighted by molar-refractivity contribution is -0.141. The van der Waals surface area contributed by atoms with Crippen LogP contribution in [0.3, 0.4) is 0 Å². The third-order valence-electron chi connectivity index (χ3n) is 4.73. The molecule has 4 atom stereocenters. The highest BCUT2D eigenvalue weighted by atomic mass is 32.2. The van der Waals surface area contributed by atoms with E-state index in [0.29, 0.717) is 11.7 Å². The highest BCUT2D eigenvalue weighted by Gasteiger charge is 2.45. The minimum Gasteiger partial charge on any atom is -0.480 e. The normalized spacial score (nSPS) is 33.6. The summed E-state index contributed by atoms with van der Waals surface area (Å²) < 4.78 is 0. The van der Waals surface area contributed by atoms with Gasteiger partial charge >= 0.3 is 12.0 Å². The molecule has 2 rings (SSSR count). The Morgan fingerprint density at radius 2 is 1.95 bits per heavy atom. The summed E-state index contributed by atoms with van der Waals surface area (Å²) >= 11 is 1.59. The fourth-order valence-electron chi connectivity index (χ4n) is 3.23. The summed E-state index contributed by atoms with van der Waals surface area (Å²) in [5, 5.41) is 9.38. The fourth-order valence-corrected chi connectivity index (χ4v) is 4.69. The smallest absolute Gasteiger partial charge is 0.327 e. The Hall–Kier alpha value is -0.910. The van der Waals surface area contributed by atoms with Gasteiger partial charge in [0.1, 0.15) is 6.04 Å². The number of hydrogen-bond donors (Lipinski definition) is 1. The van der Waals surface area contributed by atoms with Crippen LogP contribution in [0, 0.1) is 11.8 Å². The van der Waals surface area contributed by atoms with Gasteiger partial charge in [-0.1, -0.05) is 20.8 Å². The van der Waals surface area contributed by atoms with Crippen LogP contribution in [-0.4, -0.2) is 56.7 Å². The standard InChI is InChI=1S/C15H26N2O3S/c1-9(2)13-17(12(8-21-13)14(18)19)15(20)16-7-5-6-10(3)11(16)4/h9-13H,5-8H2,1-4H3,(H,18,19).